The van der Waals surface area contributed by atoms with Crippen molar-refractivity contribution in [3.8, 4) is 5.88 Å². The van der Waals surface area contributed by atoms with Crippen LogP contribution in [0, 0.1) is 11.8 Å². The van der Waals surface area contributed by atoms with Gasteiger partial charge in [0.25, 0.3) is 0 Å². The van der Waals surface area contributed by atoms with Crippen LogP contribution in [-0.2, 0) is 4.79 Å². The number of likely N-dealkylation sites (tertiary alicyclic amines) is 1. The number of pyridine rings is 1. The second kappa shape index (κ2) is 11.0. The van der Waals surface area contributed by atoms with Crippen LogP contribution in [0.1, 0.15) is 31.2 Å². The highest BCUT2D eigenvalue weighted by Gasteiger charge is 2.42. The van der Waals surface area contributed by atoms with Crippen LogP contribution in [0.3, 0.4) is 0 Å². The Morgan fingerprint density at radius 3 is 2.33 bits per heavy atom. The van der Waals surface area contributed by atoms with Gasteiger partial charge in [0, 0.05) is 73.6 Å². The average molecular weight is 526 g/mol. The molecule has 0 bridgehead atoms. The minimum absolute atomic E-state index is 0.00346. The summed E-state index contributed by atoms with van der Waals surface area (Å²) < 4.78 is 6.21. The highest BCUT2D eigenvalue weighted by atomic mass is 35.5. The van der Waals surface area contributed by atoms with Gasteiger partial charge in [-0.25, -0.2) is 15.0 Å². The molecule has 4 heterocycles. The van der Waals surface area contributed by atoms with Gasteiger partial charge in [0.05, 0.1) is 5.02 Å². The number of amides is 1. The molecule has 0 saturated carbocycles. The molecule has 36 heavy (non-hydrogen) atoms. The lowest BCUT2D eigenvalue weighted by atomic mass is 9.86. The zero-order valence-corrected chi connectivity index (χ0v) is 21.6. The number of benzene rings is 1. The van der Waals surface area contributed by atoms with E-state index in [9.17, 15) is 4.79 Å². The molecule has 2 aromatic heterocycles. The lowest BCUT2D eigenvalue weighted by Crippen LogP contribution is -2.42. The van der Waals surface area contributed by atoms with Gasteiger partial charge in [-0.05, 0) is 49.6 Å². The molecule has 188 valence electrons. The Bertz CT molecular complexity index is 1160. The molecular weight excluding hydrogens is 497 g/mol. The largest absolute Gasteiger partial charge is 0.474 e. The summed E-state index contributed by atoms with van der Waals surface area (Å²) >= 11 is 12.1. The molecule has 9 heteroatoms. The Labute approximate surface area is 221 Å². The molecule has 2 fully saturated rings. The number of hydrogen-bond donors (Lipinski definition) is 0. The van der Waals surface area contributed by atoms with E-state index in [-0.39, 0.29) is 29.8 Å². The lowest BCUT2D eigenvalue weighted by Gasteiger charge is -2.33. The van der Waals surface area contributed by atoms with Crippen molar-refractivity contribution in [2.75, 3.05) is 31.1 Å². The summed E-state index contributed by atoms with van der Waals surface area (Å²) in [6.45, 7) is 4.91. The third-order valence-corrected chi connectivity index (χ3v) is 7.74. The summed E-state index contributed by atoms with van der Waals surface area (Å²) in [5, 5.41) is 1.27. The maximum absolute atomic E-state index is 13.6. The molecule has 1 unspecified atom stereocenters. The Morgan fingerprint density at radius 2 is 1.67 bits per heavy atom. The van der Waals surface area contributed by atoms with Crippen LogP contribution in [0.25, 0.3) is 0 Å². The third-order valence-electron chi connectivity index (χ3n) is 7.26. The number of halogens is 2. The lowest BCUT2D eigenvalue weighted by molar-refractivity contribution is -0.135. The number of ether oxygens (including phenoxy) is 1. The minimum Gasteiger partial charge on any atom is -0.474 e. The third kappa shape index (κ3) is 5.57. The number of carbonyl (C=O) groups excluding carboxylic acids is 1. The maximum atomic E-state index is 13.6. The van der Waals surface area contributed by atoms with E-state index in [0.29, 0.717) is 29.0 Å². The predicted octanol–water partition coefficient (Wildman–Crippen LogP) is 5.10. The summed E-state index contributed by atoms with van der Waals surface area (Å²) in [4.78, 5) is 30.8. The number of nitrogens with zero attached hydrogens (tertiary/aromatic N) is 5. The second-order valence-electron chi connectivity index (χ2n) is 9.51. The molecule has 1 amide bonds. The Kier molecular flexibility index (Phi) is 7.58. The molecule has 2 aliphatic heterocycles. The normalized spacial score (nSPS) is 21.4. The van der Waals surface area contributed by atoms with Crippen molar-refractivity contribution < 1.29 is 9.53 Å². The fourth-order valence-electron chi connectivity index (χ4n) is 5.30. The minimum atomic E-state index is -0.144. The molecule has 0 radical (unpaired) electrons. The smallest absolute Gasteiger partial charge is 0.225 e. The van der Waals surface area contributed by atoms with Gasteiger partial charge in [0.2, 0.25) is 17.7 Å². The van der Waals surface area contributed by atoms with Crippen molar-refractivity contribution in [2.24, 2.45) is 11.8 Å². The standard InChI is InChI=1S/C27H29Cl2N5O2/c1-18(36-25-8-7-22(29)15-32-25)23-16-34(17-24(23)19-3-5-21(28)6-4-19)26(35)20-9-13-33(14-10-20)27-30-11-2-12-31-27/h2-8,11-12,15,18,20,23-24H,9-10,13-14,16-17H2,1H3/t18-,23+,24?/m0/s1. The Hall–Kier alpha value is -2.90. The number of hydrogen-bond acceptors (Lipinski definition) is 6. The number of aromatic nitrogens is 3. The molecule has 0 spiro atoms. The molecule has 1 aromatic carbocycles. The predicted molar refractivity (Wildman–Crippen MR) is 141 cm³/mol. The molecule has 7 nitrogen and oxygen atoms in total. The van der Waals surface area contributed by atoms with Crippen LogP contribution in [-0.4, -0.2) is 58.0 Å². The highest BCUT2D eigenvalue weighted by Crippen LogP contribution is 2.38. The molecule has 3 aromatic rings. The van der Waals surface area contributed by atoms with Gasteiger partial charge >= 0.3 is 0 Å². The van der Waals surface area contributed by atoms with Crippen LogP contribution in [0.2, 0.25) is 10.0 Å². The van der Waals surface area contributed by atoms with Crippen molar-refractivity contribution in [3.05, 3.63) is 76.7 Å². The van der Waals surface area contributed by atoms with E-state index in [0.717, 1.165) is 37.4 Å². The van der Waals surface area contributed by atoms with E-state index in [2.05, 4.69) is 38.9 Å². The average Bonchev–Trinajstić information content (AvgIpc) is 3.36. The van der Waals surface area contributed by atoms with Gasteiger partial charge < -0.3 is 14.5 Å². The van der Waals surface area contributed by atoms with E-state index in [1.807, 2.05) is 23.1 Å². The number of rotatable bonds is 6. The first-order chi connectivity index (χ1) is 17.5. The number of carbonyl (C=O) groups is 1. The van der Waals surface area contributed by atoms with Gasteiger partial charge in [-0.1, -0.05) is 35.3 Å². The van der Waals surface area contributed by atoms with Crippen molar-refractivity contribution in [1.82, 2.24) is 19.9 Å². The second-order valence-corrected chi connectivity index (χ2v) is 10.4. The molecular formula is C27H29Cl2N5O2. The van der Waals surface area contributed by atoms with Gasteiger partial charge in [-0.15, -0.1) is 0 Å². The summed E-state index contributed by atoms with van der Waals surface area (Å²) in [7, 11) is 0. The molecule has 0 aliphatic carbocycles. The van der Waals surface area contributed by atoms with Crippen LogP contribution >= 0.6 is 23.2 Å². The summed E-state index contributed by atoms with van der Waals surface area (Å²) in [5.41, 5.74) is 1.16. The first-order valence-electron chi connectivity index (χ1n) is 12.3. The van der Waals surface area contributed by atoms with E-state index in [1.165, 1.54) is 0 Å². The first kappa shape index (κ1) is 24.8. The zero-order valence-electron chi connectivity index (χ0n) is 20.1. The van der Waals surface area contributed by atoms with Crippen molar-refractivity contribution in [3.63, 3.8) is 0 Å². The van der Waals surface area contributed by atoms with E-state index >= 15 is 0 Å². The fourth-order valence-corrected chi connectivity index (χ4v) is 5.53. The number of anilines is 1. The quantitative estimate of drug-likeness (QED) is 0.445. The molecule has 3 atom stereocenters. The molecule has 0 N–H and O–H groups in total. The number of piperidine rings is 1. The van der Waals surface area contributed by atoms with Crippen molar-refractivity contribution in [1.29, 1.82) is 0 Å². The first-order valence-corrected chi connectivity index (χ1v) is 13.1. The van der Waals surface area contributed by atoms with Crippen LogP contribution in [0.15, 0.2) is 61.1 Å². The SMILES string of the molecule is C[C@H](Oc1ccc(Cl)cn1)[C@H]1CN(C(=O)C2CCN(c3ncccn3)CC2)CC1c1ccc(Cl)cc1. The van der Waals surface area contributed by atoms with Crippen molar-refractivity contribution in [2.45, 2.75) is 31.8 Å². The van der Waals surface area contributed by atoms with Crippen LogP contribution in [0.4, 0.5) is 5.95 Å². The summed E-state index contributed by atoms with van der Waals surface area (Å²) in [6.07, 6.45) is 6.54. The Morgan fingerprint density at radius 1 is 0.972 bits per heavy atom. The van der Waals surface area contributed by atoms with Crippen molar-refractivity contribution >= 4 is 35.1 Å². The zero-order chi connectivity index (χ0) is 25.1. The van der Waals surface area contributed by atoms with Gasteiger partial charge in [0.15, 0.2) is 0 Å². The van der Waals surface area contributed by atoms with E-state index in [1.54, 1.807) is 30.7 Å². The molecule has 5 rings (SSSR count). The van der Waals surface area contributed by atoms with E-state index in [4.69, 9.17) is 27.9 Å². The molecule has 2 saturated heterocycles. The highest BCUT2D eigenvalue weighted by molar-refractivity contribution is 6.30. The molecule has 2 aliphatic rings. The van der Waals surface area contributed by atoms with Gasteiger partial charge in [0.1, 0.15) is 6.10 Å². The van der Waals surface area contributed by atoms with Crippen LogP contribution < -0.4 is 9.64 Å². The monoisotopic (exact) mass is 525 g/mol. The van der Waals surface area contributed by atoms with Crippen LogP contribution in [0.5, 0.6) is 5.88 Å². The van der Waals surface area contributed by atoms with E-state index < -0.39 is 0 Å². The summed E-state index contributed by atoms with van der Waals surface area (Å²) in [6, 6.07) is 13.3. The summed E-state index contributed by atoms with van der Waals surface area (Å²) in [5.74, 6) is 1.75. The topological polar surface area (TPSA) is 71.5 Å². The Balaban J connectivity index is 1.28. The fraction of sp³-hybridized carbons (Fsp3) is 0.407. The van der Waals surface area contributed by atoms with Gasteiger partial charge in [-0.2, -0.15) is 0 Å². The van der Waals surface area contributed by atoms with Gasteiger partial charge in [-0.3, -0.25) is 4.79 Å². The maximum Gasteiger partial charge on any atom is 0.225 e.